The monoisotopic (exact) mass is 635 g/mol. The molecule has 0 aliphatic carbocycles. The molecule has 2 atom stereocenters. The van der Waals surface area contributed by atoms with Crippen molar-refractivity contribution >= 4 is 49.8 Å². The Bertz CT molecular complexity index is 1700. The smallest absolute Gasteiger partial charge is 0.244 e. The van der Waals surface area contributed by atoms with Crippen LogP contribution < -0.4 is 20.4 Å². The van der Waals surface area contributed by atoms with Gasteiger partial charge in [0.25, 0.3) is 0 Å². The minimum Gasteiger partial charge on any atom is -0.381 e. The van der Waals surface area contributed by atoms with Crippen LogP contribution in [0.15, 0.2) is 49.3 Å². The lowest BCUT2D eigenvalue weighted by molar-refractivity contribution is -0.118. The van der Waals surface area contributed by atoms with Gasteiger partial charge in [0, 0.05) is 68.4 Å². The highest BCUT2D eigenvalue weighted by atomic mass is 32.2. The number of nitrogens with zero attached hydrogens (tertiary/aromatic N) is 5. The van der Waals surface area contributed by atoms with Crippen LogP contribution >= 0.6 is 0 Å². The van der Waals surface area contributed by atoms with E-state index >= 15 is 0 Å². The molecule has 2 fully saturated rings. The molecule has 2 aliphatic heterocycles. The lowest BCUT2D eigenvalue weighted by Gasteiger charge is -2.54. The average molecular weight is 636 g/mol. The van der Waals surface area contributed by atoms with Gasteiger partial charge in [0.1, 0.15) is 11.6 Å². The number of fused-ring (bicyclic) bond motifs is 1. The van der Waals surface area contributed by atoms with Crippen LogP contribution in [0, 0.1) is 5.92 Å². The molecule has 0 radical (unpaired) electrons. The second-order valence-corrected chi connectivity index (χ2v) is 15.8. The SMILES string of the molecule is C=CC(=O)NC(C)(C)c1ccc(N2C[C@H](C(C)(C)S(C)(=O)=O)[C@H]2C)c2cnc(Nc3ccnc(N4CCC(OC)CC4)n3)cc12. The van der Waals surface area contributed by atoms with E-state index in [2.05, 4.69) is 38.9 Å². The highest BCUT2D eigenvalue weighted by molar-refractivity contribution is 7.92. The lowest BCUT2D eigenvalue weighted by Crippen LogP contribution is -2.64. The minimum absolute atomic E-state index is 0.00319. The van der Waals surface area contributed by atoms with Gasteiger partial charge in [-0.05, 0) is 82.7 Å². The Kier molecular flexibility index (Phi) is 8.85. The van der Waals surface area contributed by atoms with Crippen LogP contribution in [-0.2, 0) is 24.9 Å². The van der Waals surface area contributed by atoms with Crippen molar-refractivity contribution in [3.63, 3.8) is 0 Å². The van der Waals surface area contributed by atoms with E-state index in [1.54, 1.807) is 13.3 Å². The molecule has 2 aliphatic rings. The van der Waals surface area contributed by atoms with Crippen LogP contribution in [0.25, 0.3) is 10.8 Å². The van der Waals surface area contributed by atoms with E-state index in [-0.39, 0.29) is 24.0 Å². The first-order valence-corrected chi connectivity index (χ1v) is 17.3. The first-order chi connectivity index (χ1) is 21.2. The van der Waals surface area contributed by atoms with Crippen molar-refractivity contribution < 1.29 is 17.9 Å². The summed E-state index contributed by atoms with van der Waals surface area (Å²) in [5.74, 6) is 1.59. The fourth-order valence-electron chi connectivity index (χ4n) is 6.51. The van der Waals surface area contributed by atoms with Crippen LogP contribution in [-0.4, -0.2) is 79.2 Å². The van der Waals surface area contributed by atoms with Gasteiger partial charge < -0.3 is 25.2 Å². The van der Waals surface area contributed by atoms with Crippen molar-refractivity contribution in [2.45, 2.75) is 69.9 Å². The number of amides is 1. The molecule has 0 unspecified atom stereocenters. The standard InChI is InChI=1S/C33H45N7O4S/c1-9-30(41)38-32(3,4)25-10-11-27(40-20-26(21(40)2)33(5,6)45(8,42)43)24-19-35-29(18-23(24)25)36-28-12-15-34-31(37-28)39-16-13-22(44-7)14-17-39/h9-12,15,18-19,21-22,26H,1,13-14,16-17,20H2,2-8H3,(H,38,41)(H,34,35,36,37)/t21-,26+/m1/s1. The second-order valence-electron chi connectivity index (χ2n) is 13.2. The highest BCUT2D eigenvalue weighted by Crippen LogP contribution is 2.44. The number of piperidine rings is 1. The topological polar surface area (TPSA) is 130 Å². The molecular weight excluding hydrogens is 590 g/mol. The van der Waals surface area contributed by atoms with Gasteiger partial charge in [-0.25, -0.2) is 18.4 Å². The summed E-state index contributed by atoms with van der Waals surface area (Å²) in [6.07, 6.45) is 8.27. The number of benzene rings is 1. The second kappa shape index (κ2) is 12.2. The zero-order chi connectivity index (χ0) is 32.7. The van der Waals surface area contributed by atoms with Gasteiger partial charge in [0.2, 0.25) is 11.9 Å². The van der Waals surface area contributed by atoms with Crippen molar-refractivity contribution in [1.82, 2.24) is 20.3 Å². The number of nitrogens with one attached hydrogen (secondary N) is 2. The Balaban J connectivity index is 1.50. The van der Waals surface area contributed by atoms with Crippen molar-refractivity contribution in [3.05, 3.63) is 54.9 Å². The van der Waals surface area contributed by atoms with Crippen LogP contribution in [0.4, 0.5) is 23.3 Å². The zero-order valence-electron chi connectivity index (χ0n) is 27.3. The van der Waals surface area contributed by atoms with Gasteiger partial charge in [-0.3, -0.25) is 4.79 Å². The molecular formula is C33H45N7O4S. The van der Waals surface area contributed by atoms with Crippen LogP contribution in [0.3, 0.4) is 0 Å². The van der Waals surface area contributed by atoms with Gasteiger partial charge in [0.05, 0.1) is 16.4 Å². The highest BCUT2D eigenvalue weighted by Gasteiger charge is 2.50. The maximum Gasteiger partial charge on any atom is 0.244 e. The van der Waals surface area contributed by atoms with Crippen LogP contribution in [0.5, 0.6) is 0 Å². The number of ether oxygens (including phenoxy) is 1. The van der Waals surface area contributed by atoms with Crippen molar-refractivity contribution in [2.75, 3.05) is 48.1 Å². The molecule has 45 heavy (non-hydrogen) atoms. The molecule has 1 aromatic carbocycles. The van der Waals surface area contributed by atoms with E-state index in [1.807, 2.05) is 58.2 Å². The first kappa shape index (κ1) is 32.6. The first-order valence-electron chi connectivity index (χ1n) is 15.4. The number of hydrogen-bond donors (Lipinski definition) is 2. The zero-order valence-corrected chi connectivity index (χ0v) is 28.1. The Hall–Kier alpha value is -3.77. The molecule has 2 N–H and O–H groups in total. The van der Waals surface area contributed by atoms with E-state index in [1.165, 1.54) is 12.3 Å². The van der Waals surface area contributed by atoms with Gasteiger partial charge >= 0.3 is 0 Å². The number of carbonyl (C=O) groups excluding carboxylic acids is 1. The fraction of sp³-hybridized carbons (Fsp3) is 0.515. The summed E-state index contributed by atoms with van der Waals surface area (Å²) in [7, 11) is -1.50. The Morgan fingerprint density at radius 3 is 2.42 bits per heavy atom. The summed E-state index contributed by atoms with van der Waals surface area (Å²) >= 11 is 0. The number of rotatable bonds is 10. The molecule has 2 saturated heterocycles. The summed E-state index contributed by atoms with van der Waals surface area (Å²) in [6, 6.07) is 7.86. The maximum atomic E-state index is 12.6. The summed E-state index contributed by atoms with van der Waals surface area (Å²) in [6.45, 7) is 15.5. The molecule has 3 aromatic rings. The molecule has 242 valence electrons. The van der Waals surface area contributed by atoms with Crippen molar-refractivity contribution in [2.24, 2.45) is 5.92 Å². The number of anilines is 4. The maximum absolute atomic E-state index is 12.6. The number of carbonyl (C=O) groups is 1. The third kappa shape index (κ3) is 6.35. The molecule has 0 bridgehead atoms. The number of pyridine rings is 1. The van der Waals surface area contributed by atoms with Crippen LogP contribution in [0.1, 0.15) is 53.0 Å². The average Bonchev–Trinajstić information content (AvgIpc) is 2.99. The van der Waals surface area contributed by atoms with E-state index in [0.29, 0.717) is 24.1 Å². The number of hydrogen-bond acceptors (Lipinski definition) is 10. The molecule has 2 aromatic heterocycles. The van der Waals surface area contributed by atoms with Crippen LogP contribution in [0.2, 0.25) is 0 Å². The Morgan fingerprint density at radius 2 is 1.80 bits per heavy atom. The Labute approximate surface area is 266 Å². The molecule has 1 amide bonds. The summed E-state index contributed by atoms with van der Waals surface area (Å²) in [4.78, 5) is 30.8. The number of aromatic nitrogens is 3. The molecule has 0 spiro atoms. The number of methoxy groups -OCH3 is 1. The third-order valence-electron chi connectivity index (χ3n) is 9.75. The normalized spacial score (nSPS) is 19.7. The molecule has 4 heterocycles. The molecule has 5 rings (SSSR count). The molecule has 11 nitrogen and oxygen atoms in total. The minimum atomic E-state index is -3.25. The summed E-state index contributed by atoms with van der Waals surface area (Å²) in [5.41, 5.74) is 1.15. The predicted molar refractivity (Wildman–Crippen MR) is 180 cm³/mol. The van der Waals surface area contributed by atoms with Gasteiger partial charge in [0.15, 0.2) is 9.84 Å². The van der Waals surface area contributed by atoms with E-state index in [4.69, 9.17) is 14.7 Å². The van der Waals surface area contributed by atoms with Gasteiger partial charge in [-0.15, -0.1) is 0 Å². The quantitative estimate of drug-likeness (QED) is 0.306. The van der Waals surface area contributed by atoms with E-state index < -0.39 is 20.1 Å². The van der Waals surface area contributed by atoms with E-state index in [0.717, 1.165) is 48.0 Å². The summed E-state index contributed by atoms with van der Waals surface area (Å²) < 4.78 is 29.8. The molecule has 12 heteroatoms. The predicted octanol–water partition coefficient (Wildman–Crippen LogP) is 4.57. The van der Waals surface area contributed by atoms with Crippen molar-refractivity contribution in [1.29, 1.82) is 0 Å². The largest absolute Gasteiger partial charge is 0.381 e. The number of sulfone groups is 1. The fourth-order valence-corrected chi connectivity index (χ4v) is 7.33. The van der Waals surface area contributed by atoms with Gasteiger partial charge in [-0.1, -0.05) is 12.6 Å². The Morgan fingerprint density at radius 1 is 1.09 bits per heavy atom. The van der Waals surface area contributed by atoms with E-state index in [9.17, 15) is 13.2 Å². The third-order valence-corrected chi connectivity index (χ3v) is 12.0. The lowest BCUT2D eigenvalue weighted by atomic mass is 9.79. The van der Waals surface area contributed by atoms with Gasteiger partial charge in [-0.2, -0.15) is 4.98 Å². The summed E-state index contributed by atoms with van der Waals surface area (Å²) in [5, 5.41) is 8.23. The van der Waals surface area contributed by atoms with Crippen molar-refractivity contribution in [3.8, 4) is 0 Å². The molecule has 0 saturated carbocycles.